The van der Waals surface area contributed by atoms with Crippen molar-refractivity contribution in [3.8, 4) is 5.88 Å². The lowest BCUT2D eigenvalue weighted by atomic mass is 10.0. The van der Waals surface area contributed by atoms with Crippen molar-refractivity contribution in [3.63, 3.8) is 0 Å². The summed E-state index contributed by atoms with van der Waals surface area (Å²) >= 11 is 7.99. The van der Waals surface area contributed by atoms with E-state index in [0.29, 0.717) is 48.8 Å². The van der Waals surface area contributed by atoms with Gasteiger partial charge < -0.3 is 14.2 Å². The number of aromatic nitrogens is 1. The number of hydrogen-bond acceptors (Lipinski definition) is 6. The second kappa shape index (κ2) is 16.7. The van der Waals surface area contributed by atoms with E-state index >= 15 is 0 Å². The van der Waals surface area contributed by atoms with Crippen LogP contribution >= 0.6 is 23.4 Å². The van der Waals surface area contributed by atoms with Gasteiger partial charge in [-0.2, -0.15) is 0 Å². The van der Waals surface area contributed by atoms with Crippen molar-refractivity contribution >= 4 is 29.3 Å². The molecule has 30 heavy (non-hydrogen) atoms. The SMILES string of the molecule is CC.CCCCC(CC)COC(=O)CCSc1ccnc(OC2CCOCC2)c1Cl. The molecule has 7 heteroatoms. The molecule has 172 valence electrons. The third-order valence-electron chi connectivity index (χ3n) is 4.86. The molecule has 0 aromatic carbocycles. The maximum absolute atomic E-state index is 12.0. The number of nitrogens with zero attached hydrogens (tertiary/aromatic N) is 1. The van der Waals surface area contributed by atoms with E-state index in [0.717, 1.165) is 30.6 Å². The molecule has 1 fully saturated rings. The van der Waals surface area contributed by atoms with Gasteiger partial charge in [-0.05, 0) is 18.4 Å². The van der Waals surface area contributed by atoms with Crippen LogP contribution in [0.4, 0.5) is 0 Å². The lowest BCUT2D eigenvalue weighted by Gasteiger charge is -2.23. The molecule has 1 aliphatic rings. The van der Waals surface area contributed by atoms with Crippen molar-refractivity contribution in [2.75, 3.05) is 25.6 Å². The Balaban J connectivity index is 0.00000218. The van der Waals surface area contributed by atoms with E-state index in [4.69, 9.17) is 25.8 Å². The van der Waals surface area contributed by atoms with Crippen LogP contribution in [-0.2, 0) is 14.3 Å². The molecule has 0 amide bonds. The first kappa shape index (κ1) is 27.1. The summed E-state index contributed by atoms with van der Waals surface area (Å²) in [5.74, 6) is 1.40. The summed E-state index contributed by atoms with van der Waals surface area (Å²) in [7, 11) is 0. The molecule has 0 saturated carbocycles. The average molecular weight is 460 g/mol. The van der Waals surface area contributed by atoms with Crippen molar-refractivity contribution < 1.29 is 19.0 Å². The summed E-state index contributed by atoms with van der Waals surface area (Å²) in [5, 5.41) is 0.512. The summed E-state index contributed by atoms with van der Waals surface area (Å²) < 4.78 is 16.7. The molecule has 0 bridgehead atoms. The van der Waals surface area contributed by atoms with Crippen molar-refractivity contribution in [1.29, 1.82) is 0 Å². The minimum atomic E-state index is -0.147. The van der Waals surface area contributed by atoms with E-state index in [2.05, 4.69) is 18.8 Å². The fourth-order valence-corrected chi connectivity index (χ4v) is 4.16. The number of esters is 1. The summed E-state index contributed by atoms with van der Waals surface area (Å²) in [6, 6.07) is 1.85. The Kier molecular flexibility index (Phi) is 15.0. The summed E-state index contributed by atoms with van der Waals surface area (Å²) in [4.78, 5) is 17.2. The number of unbranched alkanes of at least 4 members (excludes halogenated alkanes) is 1. The molecule has 2 heterocycles. The van der Waals surface area contributed by atoms with Crippen LogP contribution in [0.2, 0.25) is 5.02 Å². The van der Waals surface area contributed by atoms with Crippen LogP contribution in [0.25, 0.3) is 0 Å². The second-order valence-corrected chi connectivity index (χ2v) is 8.57. The summed E-state index contributed by atoms with van der Waals surface area (Å²) in [5.41, 5.74) is 0. The second-order valence-electron chi connectivity index (χ2n) is 7.06. The Labute approximate surface area is 191 Å². The van der Waals surface area contributed by atoms with Crippen LogP contribution in [-0.4, -0.2) is 42.6 Å². The molecular weight excluding hydrogens is 422 g/mol. The lowest BCUT2D eigenvalue weighted by molar-refractivity contribution is -0.144. The molecular formula is C23H38ClNO4S. The minimum Gasteiger partial charge on any atom is -0.473 e. The third kappa shape index (κ3) is 10.4. The molecule has 0 N–H and O–H groups in total. The van der Waals surface area contributed by atoms with Gasteiger partial charge in [-0.3, -0.25) is 4.79 Å². The predicted molar refractivity (Wildman–Crippen MR) is 125 cm³/mol. The highest BCUT2D eigenvalue weighted by molar-refractivity contribution is 7.99. The fourth-order valence-electron chi connectivity index (χ4n) is 2.98. The molecule has 0 radical (unpaired) electrons. The molecule has 1 aliphatic heterocycles. The van der Waals surface area contributed by atoms with E-state index in [9.17, 15) is 4.79 Å². The van der Waals surface area contributed by atoms with Gasteiger partial charge >= 0.3 is 5.97 Å². The van der Waals surface area contributed by atoms with Crippen LogP contribution in [0.3, 0.4) is 0 Å². The number of carbonyl (C=O) groups is 1. The van der Waals surface area contributed by atoms with E-state index in [1.165, 1.54) is 24.6 Å². The largest absolute Gasteiger partial charge is 0.473 e. The zero-order valence-electron chi connectivity index (χ0n) is 19.0. The smallest absolute Gasteiger partial charge is 0.306 e. The Hall–Kier alpha value is -0.980. The van der Waals surface area contributed by atoms with Crippen LogP contribution in [0.5, 0.6) is 5.88 Å². The summed E-state index contributed by atoms with van der Waals surface area (Å²) in [6.07, 6.45) is 8.37. The topological polar surface area (TPSA) is 57.7 Å². The van der Waals surface area contributed by atoms with E-state index in [-0.39, 0.29) is 12.1 Å². The molecule has 1 aromatic rings. The van der Waals surface area contributed by atoms with Crippen molar-refractivity contribution in [2.45, 2.75) is 83.6 Å². The van der Waals surface area contributed by atoms with E-state index in [1.807, 2.05) is 19.9 Å². The Morgan fingerprint density at radius 2 is 2.07 bits per heavy atom. The van der Waals surface area contributed by atoms with Gasteiger partial charge in [-0.15, -0.1) is 11.8 Å². The van der Waals surface area contributed by atoms with Crippen molar-refractivity contribution in [3.05, 3.63) is 17.3 Å². The lowest BCUT2D eigenvalue weighted by Crippen LogP contribution is -2.26. The number of hydrogen-bond donors (Lipinski definition) is 0. The van der Waals surface area contributed by atoms with Gasteiger partial charge in [0.1, 0.15) is 11.1 Å². The molecule has 1 atom stereocenters. The van der Waals surface area contributed by atoms with Crippen molar-refractivity contribution in [2.24, 2.45) is 5.92 Å². The zero-order chi connectivity index (χ0) is 22.2. The monoisotopic (exact) mass is 459 g/mol. The van der Waals surface area contributed by atoms with Crippen LogP contribution in [0.15, 0.2) is 17.2 Å². The molecule has 5 nitrogen and oxygen atoms in total. The first-order chi connectivity index (χ1) is 14.6. The quantitative estimate of drug-likeness (QED) is 0.260. The Bertz CT molecular complexity index is 597. The Morgan fingerprint density at radius 3 is 2.73 bits per heavy atom. The highest BCUT2D eigenvalue weighted by atomic mass is 35.5. The first-order valence-electron chi connectivity index (χ1n) is 11.3. The molecule has 2 rings (SSSR count). The van der Waals surface area contributed by atoms with Gasteiger partial charge in [-0.1, -0.05) is 58.6 Å². The molecule has 1 unspecified atom stereocenters. The summed E-state index contributed by atoms with van der Waals surface area (Å²) in [6.45, 7) is 10.3. The highest BCUT2D eigenvalue weighted by Gasteiger charge is 2.19. The first-order valence-corrected chi connectivity index (χ1v) is 12.7. The standard InChI is InChI=1S/C21H32ClNO4S.C2H6/c1-3-5-6-16(4-2)15-26-19(24)10-14-28-18-7-11-23-21(20(18)22)27-17-8-12-25-13-9-17;1-2/h7,11,16-17H,3-6,8-10,12-15H2,1-2H3;1-2H3. The normalized spacial score (nSPS) is 15.1. The number of halogens is 1. The third-order valence-corrected chi connectivity index (χ3v) is 6.39. The van der Waals surface area contributed by atoms with Gasteiger partial charge in [-0.25, -0.2) is 4.98 Å². The molecule has 1 aromatic heterocycles. The fraction of sp³-hybridized carbons (Fsp3) is 0.739. The Morgan fingerprint density at radius 1 is 1.33 bits per heavy atom. The van der Waals surface area contributed by atoms with Gasteiger partial charge in [0.05, 0.1) is 26.2 Å². The number of rotatable bonds is 12. The minimum absolute atomic E-state index is 0.0909. The van der Waals surface area contributed by atoms with Crippen LogP contribution in [0, 0.1) is 5.92 Å². The van der Waals surface area contributed by atoms with E-state index < -0.39 is 0 Å². The highest BCUT2D eigenvalue weighted by Crippen LogP contribution is 2.34. The number of carbonyl (C=O) groups excluding carboxylic acids is 1. The number of thioether (sulfide) groups is 1. The molecule has 0 aliphatic carbocycles. The van der Waals surface area contributed by atoms with E-state index in [1.54, 1.807) is 6.20 Å². The number of pyridine rings is 1. The van der Waals surface area contributed by atoms with Gasteiger partial charge in [0, 0.05) is 29.7 Å². The van der Waals surface area contributed by atoms with Crippen LogP contribution in [0.1, 0.15) is 72.6 Å². The zero-order valence-corrected chi connectivity index (χ0v) is 20.5. The van der Waals surface area contributed by atoms with Gasteiger partial charge in [0.25, 0.3) is 0 Å². The van der Waals surface area contributed by atoms with Crippen LogP contribution < -0.4 is 4.74 Å². The molecule has 1 saturated heterocycles. The van der Waals surface area contributed by atoms with Gasteiger partial charge in [0.15, 0.2) is 0 Å². The number of ether oxygens (including phenoxy) is 3. The van der Waals surface area contributed by atoms with Gasteiger partial charge in [0.2, 0.25) is 5.88 Å². The predicted octanol–water partition coefficient (Wildman–Crippen LogP) is 6.56. The average Bonchev–Trinajstić information content (AvgIpc) is 2.78. The maximum Gasteiger partial charge on any atom is 0.306 e. The maximum atomic E-state index is 12.0. The van der Waals surface area contributed by atoms with Crippen molar-refractivity contribution in [1.82, 2.24) is 4.98 Å². The molecule has 0 spiro atoms.